The van der Waals surface area contributed by atoms with Crippen LogP contribution in [0.15, 0.2) is 50.6 Å². The molecule has 3 aromatic rings. The molecule has 0 bridgehead atoms. The molecule has 28 heavy (non-hydrogen) atoms. The van der Waals surface area contributed by atoms with Crippen molar-refractivity contribution in [3.05, 3.63) is 63.1 Å². The summed E-state index contributed by atoms with van der Waals surface area (Å²) in [6.45, 7) is 5.27. The van der Waals surface area contributed by atoms with Gasteiger partial charge >= 0.3 is 5.69 Å². The molecule has 2 aromatic heterocycles. The highest BCUT2D eigenvalue weighted by molar-refractivity contribution is 5.62. The summed E-state index contributed by atoms with van der Waals surface area (Å²) in [6.07, 6.45) is 3.28. The van der Waals surface area contributed by atoms with E-state index in [9.17, 15) is 9.59 Å². The van der Waals surface area contributed by atoms with Crippen LogP contribution < -0.4 is 21.9 Å². The molecular weight excluding hydrogens is 358 g/mol. The molecular formula is C20H25N5O3. The topological polar surface area (TPSA) is 110 Å². The second-order valence-electron chi connectivity index (χ2n) is 6.52. The molecule has 0 fully saturated rings. The maximum absolute atomic E-state index is 12.5. The van der Waals surface area contributed by atoms with Crippen LogP contribution in [0.5, 0.6) is 0 Å². The summed E-state index contributed by atoms with van der Waals surface area (Å²) < 4.78 is 7.00. The molecule has 1 aromatic carbocycles. The Hall–Kier alpha value is -3.29. The second kappa shape index (κ2) is 8.60. The van der Waals surface area contributed by atoms with E-state index in [2.05, 4.69) is 9.97 Å². The van der Waals surface area contributed by atoms with E-state index >= 15 is 0 Å². The average Bonchev–Trinajstić information content (AvgIpc) is 3.16. The number of nitrogen functional groups attached to an aromatic ring is 1. The lowest BCUT2D eigenvalue weighted by Gasteiger charge is -2.23. The number of hydrogen-bond donors (Lipinski definition) is 2. The molecule has 148 valence electrons. The highest BCUT2D eigenvalue weighted by Crippen LogP contribution is 2.22. The minimum absolute atomic E-state index is 0.177. The third kappa shape index (κ3) is 4.00. The van der Waals surface area contributed by atoms with Gasteiger partial charge in [0.2, 0.25) is 5.89 Å². The molecule has 0 saturated heterocycles. The fourth-order valence-corrected chi connectivity index (χ4v) is 3.06. The maximum atomic E-state index is 12.5. The van der Waals surface area contributed by atoms with E-state index in [-0.39, 0.29) is 11.5 Å². The molecule has 0 aliphatic carbocycles. The van der Waals surface area contributed by atoms with Gasteiger partial charge in [-0.3, -0.25) is 14.3 Å². The zero-order chi connectivity index (χ0) is 20.1. The Labute approximate surface area is 162 Å². The first-order chi connectivity index (χ1) is 13.5. The highest BCUT2D eigenvalue weighted by Gasteiger charge is 2.19. The summed E-state index contributed by atoms with van der Waals surface area (Å²) in [4.78, 5) is 33.3. The average molecular weight is 383 g/mol. The fraction of sp³-hybridized carbons (Fsp3) is 0.350. The molecule has 0 radical (unpaired) electrons. The molecule has 0 atom stereocenters. The van der Waals surface area contributed by atoms with E-state index in [4.69, 9.17) is 10.2 Å². The maximum Gasteiger partial charge on any atom is 0.330 e. The van der Waals surface area contributed by atoms with Crippen LogP contribution in [0.4, 0.5) is 11.5 Å². The van der Waals surface area contributed by atoms with Crippen molar-refractivity contribution in [1.82, 2.24) is 14.5 Å². The van der Waals surface area contributed by atoms with Gasteiger partial charge in [-0.15, -0.1) is 0 Å². The summed E-state index contributed by atoms with van der Waals surface area (Å²) in [7, 11) is 0. The van der Waals surface area contributed by atoms with Crippen LogP contribution in [0.3, 0.4) is 0 Å². The van der Waals surface area contributed by atoms with E-state index in [1.807, 2.05) is 44.2 Å². The number of nitrogens with one attached hydrogen (secondary N) is 1. The summed E-state index contributed by atoms with van der Waals surface area (Å²) in [5.41, 5.74) is 7.06. The van der Waals surface area contributed by atoms with Gasteiger partial charge in [0.15, 0.2) is 0 Å². The Kier molecular flexibility index (Phi) is 5.98. The minimum atomic E-state index is -0.496. The van der Waals surface area contributed by atoms with E-state index in [1.165, 1.54) is 4.57 Å². The van der Waals surface area contributed by atoms with Crippen LogP contribution in [-0.4, -0.2) is 21.1 Å². The number of nitrogens with two attached hydrogens (primary N) is 1. The number of nitrogens with zero attached hydrogens (tertiary/aromatic N) is 3. The third-order valence-corrected chi connectivity index (χ3v) is 4.57. The van der Waals surface area contributed by atoms with Crippen LogP contribution >= 0.6 is 0 Å². The van der Waals surface area contributed by atoms with Gasteiger partial charge in [0.05, 0.1) is 12.2 Å². The van der Waals surface area contributed by atoms with Crippen LogP contribution in [0.2, 0.25) is 0 Å². The summed E-state index contributed by atoms with van der Waals surface area (Å²) >= 11 is 0. The lowest BCUT2D eigenvalue weighted by atomic mass is 10.2. The van der Waals surface area contributed by atoms with Gasteiger partial charge < -0.3 is 15.1 Å². The monoisotopic (exact) mass is 383 g/mol. The highest BCUT2D eigenvalue weighted by atomic mass is 16.3. The normalized spacial score (nSPS) is 10.9. The molecule has 0 spiro atoms. The van der Waals surface area contributed by atoms with E-state index in [0.717, 1.165) is 18.4 Å². The smallest absolute Gasteiger partial charge is 0.330 e. The Balaban J connectivity index is 1.91. The first kappa shape index (κ1) is 19.5. The zero-order valence-electron chi connectivity index (χ0n) is 16.1. The number of H-pyrrole nitrogens is 1. The molecule has 3 rings (SSSR count). The van der Waals surface area contributed by atoms with Gasteiger partial charge in [0, 0.05) is 18.7 Å². The molecule has 0 saturated carbocycles. The number of hydrogen-bond acceptors (Lipinski definition) is 6. The summed E-state index contributed by atoms with van der Waals surface area (Å²) in [6, 6.07) is 9.59. The van der Waals surface area contributed by atoms with Crippen LogP contribution in [0, 0.1) is 0 Å². The quantitative estimate of drug-likeness (QED) is 0.619. The number of rotatable bonds is 8. The Morgan fingerprint density at radius 2 is 1.96 bits per heavy atom. The van der Waals surface area contributed by atoms with Crippen molar-refractivity contribution in [2.75, 3.05) is 17.2 Å². The Bertz CT molecular complexity index is 1040. The molecule has 0 aliphatic rings. The molecule has 8 nitrogen and oxygen atoms in total. The molecule has 8 heteroatoms. The second-order valence-corrected chi connectivity index (χ2v) is 6.52. The van der Waals surface area contributed by atoms with Gasteiger partial charge in [-0.2, -0.15) is 0 Å². The number of oxazole rings is 1. The van der Waals surface area contributed by atoms with Crippen LogP contribution in [-0.2, 0) is 13.1 Å². The molecule has 0 amide bonds. The van der Waals surface area contributed by atoms with Crippen LogP contribution in [0.1, 0.15) is 32.4 Å². The van der Waals surface area contributed by atoms with Crippen molar-refractivity contribution in [3.8, 4) is 11.5 Å². The first-order valence-electron chi connectivity index (χ1n) is 9.42. The third-order valence-electron chi connectivity index (χ3n) is 4.57. The van der Waals surface area contributed by atoms with E-state index < -0.39 is 11.2 Å². The van der Waals surface area contributed by atoms with Gasteiger partial charge in [0.1, 0.15) is 17.8 Å². The lowest BCUT2D eigenvalue weighted by molar-refractivity contribution is 0.572. The van der Waals surface area contributed by atoms with E-state index in [1.54, 1.807) is 11.2 Å². The predicted octanol–water partition coefficient (Wildman–Crippen LogP) is 2.60. The molecule has 2 heterocycles. The molecule has 0 unspecified atom stereocenters. The predicted molar refractivity (Wildman–Crippen MR) is 109 cm³/mol. The van der Waals surface area contributed by atoms with Gasteiger partial charge in [-0.05, 0) is 25.5 Å². The zero-order valence-corrected chi connectivity index (χ0v) is 16.1. The standard InChI is InChI=1S/C20H25N5O3/c1-3-5-11-25-17(21)16(18(26)23-20(25)27)24(4-2)12-15-13-28-19(22-15)14-9-7-6-8-10-14/h6-10,13H,3-5,11-12,21H2,1-2H3,(H,23,26,27). The number of unbranched alkanes of at least 4 members (excludes halogenated alkanes) is 1. The Morgan fingerprint density at radius 3 is 2.64 bits per heavy atom. The number of aromatic nitrogens is 3. The van der Waals surface area contributed by atoms with Crippen molar-refractivity contribution in [1.29, 1.82) is 0 Å². The van der Waals surface area contributed by atoms with Crippen molar-refractivity contribution < 1.29 is 4.42 Å². The fourth-order valence-electron chi connectivity index (χ4n) is 3.06. The number of benzene rings is 1. The Morgan fingerprint density at radius 1 is 1.21 bits per heavy atom. The van der Waals surface area contributed by atoms with Crippen molar-refractivity contribution in [2.45, 2.75) is 39.8 Å². The minimum Gasteiger partial charge on any atom is -0.444 e. The largest absolute Gasteiger partial charge is 0.444 e. The number of anilines is 2. The van der Waals surface area contributed by atoms with Gasteiger partial charge in [-0.25, -0.2) is 9.78 Å². The molecule has 3 N–H and O–H groups in total. The van der Waals surface area contributed by atoms with Crippen molar-refractivity contribution in [3.63, 3.8) is 0 Å². The number of aromatic amines is 1. The van der Waals surface area contributed by atoms with E-state index in [0.29, 0.717) is 31.2 Å². The lowest BCUT2D eigenvalue weighted by Crippen LogP contribution is -2.38. The molecule has 0 aliphatic heterocycles. The van der Waals surface area contributed by atoms with Gasteiger partial charge in [0.25, 0.3) is 5.56 Å². The SMILES string of the molecule is CCCCn1c(N)c(N(CC)Cc2coc(-c3ccccc3)n2)c(=O)[nH]c1=O. The van der Waals surface area contributed by atoms with Crippen molar-refractivity contribution >= 4 is 11.5 Å². The van der Waals surface area contributed by atoms with Crippen LogP contribution in [0.25, 0.3) is 11.5 Å². The van der Waals surface area contributed by atoms with Gasteiger partial charge in [-0.1, -0.05) is 31.5 Å². The van der Waals surface area contributed by atoms with Crippen molar-refractivity contribution in [2.24, 2.45) is 0 Å². The first-order valence-corrected chi connectivity index (χ1v) is 9.42. The summed E-state index contributed by atoms with van der Waals surface area (Å²) in [5, 5.41) is 0. The summed E-state index contributed by atoms with van der Waals surface area (Å²) in [5.74, 6) is 0.692.